The second kappa shape index (κ2) is 6.63. The molecule has 0 spiro atoms. The standard InChI is InChI=1S/C18H23N5O/c24-18(22(10-14-4-5-14)11-15-6-7-15)20-9-16-2-1-3-17(8-16)23-13-19-12-21-23/h1-3,8,12-15H,4-7,9-11H2,(H,20,24). The maximum atomic E-state index is 12.5. The van der Waals surface area contributed by atoms with Crippen LogP contribution in [-0.4, -0.2) is 38.8 Å². The fraction of sp³-hybridized carbons (Fsp3) is 0.500. The number of rotatable bonds is 7. The van der Waals surface area contributed by atoms with E-state index in [0.717, 1.165) is 36.2 Å². The molecule has 1 aromatic heterocycles. The molecule has 1 heterocycles. The third-order valence-electron chi connectivity index (χ3n) is 4.68. The highest BCUT2D eigenvalue weighted by Crippen LogP contribution is 2.33. The minimum Gasteiger partial charge on any atom is -0.334 e. The molecule has 24 heavy (non-hydrogen) atoms. The summed E-state index contributed by atoms with van der Waals surface area (Å²) in [6.07, 6.45) is 8.28. The van der Waals surface area contributed by atoms with Crippen LogP contribution < -0.4 is 5.32 Å². The summed E-state index contributed by atoms with van der Waals surface area (Å²) in [4.78, 5) is 18.5. The van der Waals surface area contributed by atoms with E-state index in [1.54, 1.807) is 11.0 Å². The third kappa shape index (κ3) is 3.93. The van der Waals surface area contributed by atoms with Gasteiger partial charge >= 0.3 is 6.03 Å². The van der Waals surface area contributed by atoms with Gasteiger partial charge in [0.2, 0.25) is 0 Å². The van der Waals surface area contributed by atoms with Crippen LogP contribution >= 0.6 is 0 Å². The zero-order valence-electron chi connectivity index (χ0n) is 13.8. The van der Waals surface area contributed by atoms with Gasteiger partial charge in [0.25, 0.3) is 0 Å². The SMILES string of the molecule is O=C(NCc1cccc(-n2cncn2)c1)N(CC1CC1)CC1CC1. The monoisotopic (exact) mass is 325 g/mol. The molecule has 0 unspecified atom stereocenters. The lowest BCUT2D eigenvalue weighted by Crippen LogP contribution is -2.42. The molecule has 6 nitrogen and oxygen atoms in total. The summed E-state index contributed by atoms with van der Waals surface area (Å²) in [5.74, 6) is 1.45. The van der Waals surface area contributed by atoms with Crippen LogP contribution in [0.15, 0.2) is 36.9 Å². The minimum absolute atomic E-state index is 0.0694. The number of nitrogens with zero attached hydrogens (tertiary/aromatic N) is 4. The fourth-order valence-electron chi connectivity index (χ4n) is 2.90. The van der Waals surface area contributed by atoms with Crippen LogP contribution in [0.25, 0.3) is 5.69 Å². The first-order valence-electron chi connectivity index (χ1n) is 8.74. The van der Waals surface area contributed by atoms with E-state index in [9.17, 15) is 4.79 Å². The molecule has 0 radical (unpaired) electrons. The van der Waals surface area contributed by atoms with Gasteiger partial charge in [0.1, 0.15) is 12.7 Å². The lowest BCUT2D eigenvalue weighted by atomic mass is 10.2. The van der Waals surface area contributed by atoms with Crippen LogP contribution in [0.4, 0.5) is 4.79 Å². The van der Waals surface area contributed by atoms with E-state index in [1.165, 1.54) is 32.0 Å². The van der Waals surface area contributed by atoms with Crippen molar-refractivity contribution in [3.8, 4) is 5.69 Å². The Morgan fingerprint density at radius 1 is 1.21 bits per heavy atom. The normalized spacial score (nSPS) is 16.8. The predicted molar refractivity (Wildman–Crippen MR) is 90.6 cm³/mol. The highest BCUT2D eigenvalue weighted by atomic mass is 16.2. The Kier molecular flexibility index (Phi) is 4.19. The van der Waals surface area contributed by atoms with Gasteiger partial charge in [-0.15, -0.1) is 0 Å². The zero-order valence-corrected chi connectivity index (χ0v) is 13.8. The summed E-state index contributed by atoms with van der Waals surface area (Å²) < 4.78 is 1.72. The smallest absolute Gasteiger partial charge is 0.317 e. The van der Waals surface area contributed by atoms with Gasteiger partial charge in [-0.25, -0.2) is 14.5 Å². The first-order chi connectivity index (χ1) is 11.8. The summed E-state index contributed by atoms with van der Waals surface area (Å²) in [6, 6.07) is 8.07. The van der Waals surface area contributed by atoms with Crippen molar-refractivity contribution in [2.45, 2.75) is 32.2 Å². The highest BCUT2D eigenvalue weighted by molar-refractivity contribution is 5.74. The Morgan fingerprint density at radius 2 is 1.96 bits per heavy atom. The molecule has 2 aliphatic rings. The summed E-state index contributed by atoms with van der Waals surface area (Å²) in [7, 11) is 0. The number of amides is 2. The summed E-state index contributed by atoms with van der Waals surface area (Å²) in [6.45, 7) is 2.37. The number of carbonyl (C=O) groups excluding carboxylic acids is 1. The maximum absolute atomic E-state index is 12.5. The number of aromatic nitrogens is 3. The Hall–Kier alpha value is -2.37. The second-order valence-electron chi connectivity index (χ2n) is 6.96. The van der Waals surface area contributed by atoms with Gasteiger partial charge in [-0.05, 0) is 55.2 Å². The number of urea groups is 1. The molecule has 0 bridgehead atoms. The molecule has 126 valence electrons. The Balaban J connectivity index is 1.36. The Morgan fingerprint density at radius 3 is 2.58 bits per heavy atom. The van der Waals surface area contributed by atoms with E-state index in [0.29, 0.717) is 6.54 Å². The number of carbonyl (C=O) groups is 1. The van der Waals surface area contributed by atoms with Gasteiger partial charge in [0.15, 0.2) is 0 Å². The predicted octanol–water partition coefficient (Wildman–Crippen LogP) is 2.60. The molecule has 2 saturated carbocycles. The molecule has 0 aliphatic heterocycles. The number of nitrogens with one attached hydrogen (secondary N) is 1. The van der Waals surface area contributed by atoms with Crippen molar-refractivity contribution in [1.82, 2.24) is 25.0 Å². The molecule has 2 aliphatic carbocycles. The molecule has 1 N–H and O–H groups in total. The average molecular weight is 325 g/mol. The fourth-order valence-corrected chi connectivity index (χ4v) is 2.90. The average Bonchev–Trinajstić information content (AvgIpc) is 3.53. The lowest BCUT2D eigenvalue weighted by Gasteiger charge is -2.23. The van der Waals surface area contributed by atoms with Gasteiger partial charge in [-0.2, -0.15) is 5.10 Å². The van der Waals surface area contributed by atoms with Crippen LogP contribution in [0.3, 0.4) is 0 Å². The molecule has 6 heteroatoms. The Bertz CT molecular complexity index is 677. The van der Waals surface area contributed by atoms with Crippen molar-refractivity contribution in [2.24, 2.45) is 11.8 Å². The number of hydrogen-bond acceptors (Lipinski definition) is 3. The van der Waals surface area contributed by atoms with Crippen molar-refractivity contribution >= 4 is 6.03 Å². The van der Waals surface area contributed by atoms with Crippen LogP contribution in [0.2, 0.25) is 0 Å². The van der Waals surface area contributed by atoms with Crippen LogP contribution in [0, 0.1) is 11.8 Å². The van der Waals surface area contributed by atoms with Crippen molar-refractivity contribution in [1.29, 1.82) is 0 Å². The molecule has 1 aromatic carbocycles. The molecule has 2 fully saturated rings. The van der Waals surface area contributed by atoms with E-state index in [1.807, 2.05) is 29.2 Å². The van der Waals surface area contributed by atoms with Crippen molar-refractivity contribution in [3.63, 3.8) is 0 Å². The number of hydrogen-bond donors (Lipinski definition) is 1. The van der Waals surface area contributed by atoms with Gasteiger partial charge in [-0.3, -0.25) is 0 Å². The molecular formula is C18H23N5O. The summed E-state index contributed by atoms with van der Waals surface area (Å²) in [5, 5.41) is 7.22. The first kappa shape index (κ1) is 15.2. The Labute approximate surface area is 141 Å². The van der Waals surface area contributed by atoms with Crippen LogP contribution in [0.5, 0.6) is 0 Å². The van der Waals surface area contributed by atoms with E-state index < -0.39 is 0 Å². The van der Waals surface area contributed by atoms with Crippen molar-refractivity contribution < 1.29 is 4.79 Å². The first-order valence-corrected chi connectivity index (χ1v) is 8.74. The molecule has 0 atom stereocenters. The highest BCUT2D eigenvalue weighted by Gasteiger charge is 2.31. The topological polar surface area (TPSA) is 63.1 Å². The van der Waals surface area contributed by atoms with Crippen molar-refractivity contribution in [3.05, 3.63) is 42.5 Å². The quantitative estimate of drug-likeness (QED) is 0.851. The van der Waals surface area contributed by atoms with Crippen LogP contribution in [0.1, 0.15) is 31.2 Å². The van der Waals surface area contributed by atoms with E-state index in [4.69, 9.17) is 0 Å². The largest absolute Gasteiger partial charge is 0.334 e. The van der Waals surface area contributed by atoms with Gasteiger partial charge < -0.3 is 10.2 Å². The zero-order chi connectivity index (χ0) is 16.4. The number of benzene rings is 1. The molecule has 0 saturated heterocycles. The van der Waals surface area contributed by atoms with Gasteiger partial charge in [0.05, 0.1) is 5.69 Å². The molecule has 2 amide bonds. The minimum atomic E-state index is 0.0694. The molecular weight excluding hydrogens is 302 g/mol. The van der Waals surface area contributed by atoms with Gasteiger partial charge in [0, 0.05) is 19.6 Å². The van der Waals surface area contributed by atoms with E-state index in [-0.39, 0.29) is 6.03 Å². The molecule has 4 rings (SSSR count). The van der Waals surface area contributed by atoms with Crippen LogP contribution in [-0.2, 0) is 6.54 Å². The second-order valence-corrected chi connectivity index (χ2v) is 6.96. The summed E-state index contributed by atoms with van der Waals surface area (Å²) in [5.41, 5.74) is 2.02. The van der Waals surface area contributed by atoms with Gasteiger partial charge in [-0.1, -0.05) is 12.1 Å². The maximum Gasteiger partial charge on any atom is 0.317 e. The summed E-state index contributed by atoms with van der Waals surface area (Å²) >= 11 is 0. The van der Waals surface area contributed by atoms with Crippen molar-refractivity contribution in [2.75, 3.05) is 13.1 Å². The lowest BCUT2D eigenvalue weighted by molar-refractivity contribution is 0.192. The molecule has 2 aromatic rings. The third-order valence-corrected chi connectivity index (χ3v) is 4.68. The van der Waals surface area contributed by atoms with E-state index in [2.05, 4.69) is 15.4 Å². The van der Waals surface area contributed by atoms with E-state index >= 15 is 0 Å².